The fourth-order valence-electron chi connectivity index (χ4n) is 1.64. The molecule has 0 saturated heterocycles. The largest absolute Gasteiger partial charge is 0.372 e. The van der Waals surface area contributed by atoms with Crippen molar-refractivity contribution in [3.63, 3.8) is 0 Å². The zero-order chi connectivity index (χ0) is 11.5. The van der Waals surface area contributed by atoms with Gasteiger partial charge in [0.25, 0.3) is 0 Å². The summed E-state index contributed by atoms with van der Waals surface area (Å²) in [6.07, 6.45) is 0.578. The molecule has 0 aliphatic rings. The van der Waals surface area contributed by atoms with E-state index in [4.69, 9.17) is 11.6 Å². The number of rotatable bonds is 4. The molecule has 0 aromatic heterocycles. The normalized spacial score (nSPS) is 15.3. The standard InChI is InChI=1S/C12H18ClNO/c1-4-12(15,14-9(2)3)10-7-5-6-8-11(10)13/h5-9,14-15H,4H2,1-3H3. The van der Waals surface area contributed by atoms with Crippen LogP contribution >= 0.6 is 11.6 Å². The molecule has 1 aromatic rings. The van der Waals surface area contributed by atoms with Crippen LogP contribution in [-0.4, -0.2) is 11.1 Å². The zero-order valence-corrected chi connectivity index (χ0v) is 10.2. The first-order valence-corrected chi connectivity index (χ1v) is 5.62. The number of hydrogen-bond donors (Lipinski definition) is 2. The maximum Gasteiger partial charge on any atom is 0.143 e. The van der Waals surface area contributed by atoms with E-state index in [0.29, 0.717) is 11.4 Å². The summed E-state index contributed by atoms with van der Waals surface area (Å²) in [6, 6.07) is 7.58. The molecule has 15 heavy (non-hydrogen) atoms. The van der Waals surface area contributed by atoms with E-state index in [1.807, 2.05) is 39.0 Å². The second kappa shape index (κ2) is 4.97. The van der Waals surface area contributed by atoms with Gasteiger partial charge < -0.3 is 5.11 Å². The van der Waals surface area contributed by atoms with Crippen molar-refractivity contribution >= 4 is 11.6 Å². The number of hydrogen-bond acceptors (Lipinski definition) is 2. The molecule has 84 valence electrons. The van der Waals surface area contributed by atoms with Gasteiger partial charge in [-0.3, -0.25) is 5.32 Å². The zero-order valence-electron chi connectivity index (χ0n) is 9.42. The minimum atomic E-state index is -1.04. The van der Waals surface area contributed by atoms with Gasteiger partial charge in [0.05, 0.1) is 0 Å². The Morgan fingerprint density at radius 2 is 2.00 bits per heavy atom. The summed E-state index contributed by atoms with van der Waals surface area (Å²) in [6.45, 7) is 5.92. The molecule has 0 spiro atoms. The Labute approximate surface area is 96.3 Å². The molecule has 0 amide bonds. The molecule has 1 unspecified atom stereocenters. The smallest absolute Gasteiger partial charge is 0.143 e. The molecule has 1 rings (SSSR count). The van der Waals surface area contributed by atoms with Crippen molar-refractivity contribution < 1.29 is 5.11 Å². The Morgan fingerprint density at radius 3 is 2.47 bits per heavy atom. The molecule has 0 aliphatic heterocycles. The molecular weight excluding hydrogens is 210 g/mol. The second-order valence-corrected chi connectivity index (χ2v) is 4.40. The first-order chi connectivity index (χ1) is 6.99. The predicted octanol–water partition coefficient (Wildman–Crippen LogP) is 2.89. The molecule has 0 fully saturated rings. The van der Waals surface area contributed by atoms with Crippen LogP contribution in [0.4, 0.5) is 0 Å². The van der Waals surface area contributed by atoms with Gasteiger partial charge in [-0.2, -0.15) is 0 Å². The van der Waals surface area contributed by atoms with Crippen molar-refractivity contribution in [2.75, 3.05) is 0 Å². The maximum absolute atomic E-state index is 10.4. The molecule has 0 radical (unpaired) electrons. The number of aliphatic hydroxyl groups is 1. The highest BCUT2D eigenvalue weighted by molar-refractivity contribution is 6.31. The molecule has 3 heteroatoms. The van der Waals surface area contributed by atoms with Crippen LogP contribution in [0.1, 0.15) is 32.8 Å². The topological polar surface area (TPSA) is 32.3 Å². The van der Waals surface area contributed by atoms with E-state index in [0.717, 1.165) is 5.56 Å². The van der Waals surface area contributed by atoms with E-state index in [1.165, 1.54) is 0 Å². The molecule has 2 nitrogen and oxygen atoms in total. The fraction of sp³-hybridized carbons (Fsp3) is 0.500. The van der Waals surface area contributed by atoms with E-state index in [-0.39, 0.29) is 6.04 Å². The van der Waals surface area contributed by atoms with E-state index in [2.05, 4.69) is 5.32 Å². The van der Waals surface area contributed by atoms with Crippen LogP contribution < -0.4 is 5.32 Å². The summed E-state index contributed by atoms with van der Waals surface area (Å²) in [5.41, 5.74) is -0.296. The van der Waals surface area contributed by atoms with Crippen LogP contribution in [0.3, 0.4) is 0 Å². The lowest BCUT2D eigenvalue weighted by Crippen LogP contribution is -2.45. The Bertz CT molecular complexity index is 327. The average Bonchev–Trinajstić information content (AvgIpc) is 2.17. The summed E-state index contributed by atoms with van der Waals surface area (Å²) in [5, 5.41) is 14.2. The third-order valence-corrected chi connectivity index (χ3v) is 2.69. The molecule has 0 heterocycles. The first kappa shape index (κ1) is 12.5. The van der Waals surface area contributed by atoms with E-state index < -0.39 is 5.72 Å². The van der Waals surface area contributed by atoms with Crippen LogP contribution in [-0.2, 0) is 5.72 Å². The summed E-state index contributed by atoms with van der Waals surface area (Å²) in [7, 11) is 0. The van der Waals surface area contributed by atoms with E-state index >= 15 is 0 Å². The molecule has 0 bridgehead atoms. The van der Waals surface area contributed by atoms with Gasteiger partial charge in [0.15, 0.2) is 0 Å². The Kier molecular flexibility index (Phi) is 4.14. The fourth-order valence-corrected chi connectivity index (χ4v) is 1.94. The number of halogens is 1. The Hall–Kier alpha value is -0.570. The first-order valence-electron chi connectivity index (χ1n) is 5.24. The van der Waals surface area contributed by atoms with Crippen molar-refractivity contribution in [1.82, 2.24) is 5.32 Å². The summed E-state index contributed by atoms with van der Waals surface area (Å²) >= 11 is 6.07. The van der Waals surface area contributed by atoms with Crippen LogP contribution in [0.15, 0.2) is 24.3 Å². The number of nitrogens with one attached hydrogen (secondary N) is 1. The molecule has 0 saturated carbocycles. The summed E-state index contributed by atoms with van der Waals surface area (Å²) < 4.78 is 0. The SMILES string of the molecule is CCC(O)(NC(C)C)c1ccccc1Cl. The number of benzene rings is 1. The quantitative estimate of drug-likeness (QED) is 0.776. The van der Waals surface area contributed by atoms with Crippen molar-refractivity contribution in [1.29, 1.82) is 0 Å². The predicted molar refractivity (Wildman–Crippen MR) is 63.9 cm³/mol. The monoisotopic (exact) mass is 227 g/mol. The third kappa shape index (κ3) is 2.94. The summed E-state index contributed by atoms with van der Waals surface area (Å²) in [5.74, 6) is 0. The lowest BCUT2D eigenvalue weighted by Gasteiger charge is -2.31. The van der Waals surface area contributed by atoms with Crippen LogP contribution in [0.25, 0.3) is 0 Å². The van der Waals surface area contributed by atoms with Crippen LogP contribution in [0.5, 0.6) is 0 Å². The van der Waals surface area contributed by atoms with E-state index in [1.54, 1.807) is 6.07 Å². The van der Waals surface area contributed by atoms with Crippen LogP contribution in [0, 0.1) is 0 Å². The van der Waals surface area contributed by atoms with Crippen molar-refractivity contribution in [2.45, 2.75) is 39.0 Å². The van der Waals surface area contributed by atoms with Gasteiger partial charge in [0, 0.05) is 16.6 Å². The van der Waals surface area contributed by atoms with Crippen molar-refractivity contribution in [3.05, 3.63) is 34.9 Å². The molecule has 1 aromatic carbocycles. The minimum Gasteiger partial charge on any atom is -0.372 e. The molecule has 2 N–H and O–H groups in total. The molecule has 0 aliphatic carbocycles. The highest BCUT2D eigenvalue weighted by Crippen LogP contribution is 2.28. The summed E-state index contributed by atoms with van der Waals surface area (Å²) in [4.78, 5) is 0. The van der Waals surface area contributed by atoms with Crippen molar-refractivity contribution in [3.8, 4) is 0 Å². The van der Waals surface area contributed by atoms with E-state index in [9.17, 15) is 5.11 Å². The highest BCUT2D eigenvalue weighted by Gasteiger charge is 2.29. The second-order valence-electron chi connectivity index (χ2n) is 3.99. The molecular formula is C12H18ClNO. The van der Waals surface area contributed by atoms with Gasteiger partial charge in [0.2, 0.25) is 0 Å². The lowest BCUT2D eigenvalue weighted by atomic mass is 9.99. The van der Waals surface area contributed by atoms with Crippen LogP contribution in [0.2, 0.25) is 5.02 Å². The van der Waals surface area contributed by atoms with Gasteiger partial charge in [-0.25, -0.2) is 0 Å². The van der Waals surface area contributed by atoms with Gasteiger partial charge >= 0.3 is 0 Å². The van der Waals surface area contributed by atoms with Gasteiger partial charge in [0.1, 0.15) is 5.72 Å². The molecule has 1 atom stereocenters. The lowest BCUT2D eigenvalue weighted by molar-refractivity contribution is -0.0112. The van der Waals surface area contributed by atoms with Gasteiger partial charge in [-0.1, -0.05) is 36.7 Å². The highest BCUT2D eigenvalue weighted by atomic mass is 35.5. The Morgan fingerprint density at radius 1 is 1.40 bits per heavy atom. The van der Waals surface area contributed by atoms with Crippen molar-refractivity contribution in [2.24, 2.45) is 0 Å². The van der Waals surface area contributed by atoms with Gasteiger partial charge in [-0.15, -0.1) is 0 Å². The maximum atomic E-state index is 10.4. The Balaban J connectivity index is 3.05. The average molecular weight is 228 g/mol. The third-order valence-electron chi connectivity index (χ3n) is 2.36. The minimum absolute atomic E-state index is 0.200. The van der Waals surface area contributed by atoms with Gasteiger partial charge in [-0.05, 0) is 26.3 Å².